The SMILES string of the molecule is COc1cc(OCCO)c(N)cc1Cl. The minimum absolute atomic E-state index is 0.0651. The van der Waals surface area contributed by atoms with Gasteiger partial charge in [-0.15, -0.1) is 0 Å². The van der Waals surface area contributed by atoms with E-state index in [4.69, 9.17) is 31.9 Å². The molecule has 14 heavy (non-hydrogen) atoms. The van der Waals surface area contributed by atoms with Crippen LogP contribution in [0.3, 0.4) is 0 Å². The molecule has 0 saturated heterocycles. The summed E-state index contributed by atoms with van der Waals surface area (Å²) >= 11 is 5.83. The van der Waals surface area contributed by atoms with E-state index in [-0.39, 0.29) is 13.2 Å². The third-order valence-corrected chi connectivity index (χ3v) is 1.93. The molecule has 5 heteroatoms. The molecular weight excluding hydrogens is 206 g/mol. The summed E-state index contributed by atoms with van der Waals surface area (Å²) in [6, 6.07) is 3.14. The van der Waals surface area contributed by atoms with Gasteiger partial charge in [0, 0.05) is 6.07 Å². The minimum atomic E-state index is -0.0651. The van der Waals surface area contributed by atoms with Gasteiger partial charge in [-0.1, -0.05) is 11.6 Å². The third kappa shape index (κ3) is 2.43. The Bertz CT molecular complexity index is 317. The van der Waals surface area contributed by atoms with Crippen LogP contribution in [0.25, 0.3) is 0 Å². The fourth-order valence-corrected chi connectivity index (χ4v) is 1.24. The first kappa shape index (κ1) is 10.9. The number of anilines is 1. The van der Waals surface area contributed by atoms with E-state index in [1.165, 1.54) is 7.11 Å². The number of methoxy groups -OCH3 is 1. The van der Waals surface area contributed by atoms with Gasteiger partial charge in [0.2, 0.25) is 0 Å². The largest absolute Gasteiger partial charge is 0.495 e. The number of ether oxygens (including phenoxy) is 2. The highest BCUT2D eigenvalue weighted by molar-refractivity contribution is 6.32. The predicted octanol–water partition coefficient (Wildman–Crippen LogP) is 1.30. The number of nitrogen functional groups attached to an aromatic ring is 1. The van der Waals surface area contributed by atoms with E-state index in [1.54, 1.807) is 12.1 Å². The van der Waals surface area contributed by atoms with Crippen LogP contribution in [0.15, 0.2) is 12.1 Å². The molecule has 0 atom stereocenters. The zero-order valence-corrected chi connectivity index (χ0v) is 8.54. The maximum absolute atomic E-state index is 8.58. The summed E-state index contributed by atoms with van der Waals surface area (Å²) < 4.78 is 10.2. The van der Waals surface area contributed by atoms with E-state index < -0.39 is 0 Å². The monoisotopic (exact) mass is 217 g/mol. The summed E-state index contributed by atoms with van der Waals surface area (Å²) in [4.78, 5) is 0. The maximum atomic E-state index is 8.58. The van der Waals surface area contributed by atoms with Crippen LogP contribution in [0.2, 0.25) is 5.02 Å². The van der Waals surface area contributed by atoms with Crippen molar-refractivity contribution in [2.24, 2.45) is 0 Å². The third-order valence-electron chi connectivity index (χ3n) is 1.63. The molecule has 0 aliphatic rings. The molecule has 0 aliphatic heterocycles. The van der Waals surface area contributed by atoms with Crippen molar-refractivity contribution in [1.29, 1.82) is 0 Å². The summed E-state index contributed by atoms with van der Waals surface area (Å²) in [5.74, 6) is 0.953. The zero-order valence-electron chi connectivity index (χ0n) is 7.79. The van der Waals surface area contributed by atoms with Crippen molar-refractivity contribution < 1.29 is 14.6 Å². The highest BCUT2D eigenvalue weighted by Gasteiger charge is 2.07. The predicted molar refractivity (Wildman–Crippen MR) is 55.0 cm³/mol. The maximum Gasteiger partial charge on any atom is 0.146 e. The van der Waals surface area contributed by atoms with Gasteiger partial charge in [0.25, 0.3) is 0 Å². The van der Waals surface area contributed by atoms with Crippen LogP contribution in [-0.4, -0.2) is 25.4 Å². The second kappa shape index (κ2) is 4.93. The van der Waals surface area contributed by atoms with E-state index in [2.05, 4.69) is 0 Å². The molecule has 1 aromatic carbocycles. The van der Waals surface area contributed by atoms with Gasteiger partial charge in [-0.3, -0.25) is 0 Å². The molecule has 4 nitrogen and oxygen atoms in total. The number of benzene rings is 1. The Morgan fingerprint density at radius 1 is 1.43 bits per heavy atom. The smallest absolute Gasteiger partial charge is 0.146 e. The Morgan fingerprint density at radius 2 is 2.14 bits per heavy atom. The van der Waals surface area contributed by atoms with Gasteiger partial charge in [0.15, 0.2) is 0 Å². The van der Waals surface area contributed by atoms with Gasteiger partial charge in [-0.05, 0) is 6.07 Å². The zero-order chi connectivity index (χ0) is 10.6. The average Bonchev–Trinajstić information content (AvgIpc) is 2.17. The Labute approximate surface area is 87.2 Å². The fourth-order valence-electron chi connectivity index (χ4n) is 0.987. The van der Waals surface area contributed by atoms with Crippen LogP contribution in [0, 0.1) is 0 Å². The standard InChI is InChI=1S/C9H12ClNO3/c1-13-8-5-9(14-3-2-12)7(11)4-6(8)10/h4-5,12H,2-3,11H2,1H3. The summed E-state index contributed by atoms with van der Waals surface area (Å²) in [6.07, 6.45) is 0. The molecule has 0 bridgehead atoms. The first-order valence-electron chi connectivity index (χ1n) is 4.05. The number of halogens is 1. The van der Waals surface area contributed by atoms with Crippen LogP contribution >= 0.6 is 11.6 Å². The highest BCUT2D eigenvalue weighted by Crippen LogP contribution is 2.34. The lowest BCUT2D eigenvalue weighted by Crippen LogP contribution is -2.04. The van der Waals surface area contributed by atoms with Crippen LogP contribution in [0.1, 0.15) is 0 Å². The van der Waals surface area contributed by atoms with Crippen molar-refractivity contribution in [2.45, 2.75) is 0 Å². The Kier molecular flexibility index (Phi) is 3.85. The van der Waals surface area contributed by atoms with E-state index in [1.807, 2.05) is 0 Å². The fraction of sp³-hybridized carbons (Fsp3) is 0.333. The van der Waals surface area contributed by atoms with Gasteiger partial charge < -0.3 is 20.3 Å². The molecule has 3 N–H and O–H groups in total. The van der Waals surface area contributed by atoms with Gasteiger partial charge in [-0.2, -0.15) is 0 Å². The van der Waals surface area contributed by atoms with Gasteiger partial charge in [-0.25, -0.2) is 0 Å². The van der Waals surface area contributed by atoms with Crippen LogP contribution in [-0.2, 0) is 0 Å². The number of hydrogen-bond acceptors (Lipinski definition) is 4. The van der Waals surface area contributed by atoms with Crippen molar-refractivity contribution >= 4 is 17.3 Å². The summed E-state index contributed by atoms with van der Waals surface area (Å²) in [5.41, 5.74) is 6.06. The molecule has 0 saturated carbocycles. The summed E-state index contributed by atoms with van der Waals surface area (Å²) in [7, 11) is 1.51. The topological polar surface area (TPSA) is 64.7 Å². The Hall–Kier alpha value is -1.13. The number of rotatable bonds is 4. The molecule has 78 valence electrons. The molecule has 0 radical (unpaired) electrons. The first-order chi connectivity index (χ1) is 6.69. The van der Waals surface area contributed by atoms with E-state index in [0.29, 0.717) is 22.2 Å². The molecule has 0 spiro atoms. The molecule has 0 heterocycles. The number of aliphatic hydroxyl groups excluding tert-OH is 1. The van der Waals surface area contributed by atoms with Crippen molar-refractivity contribution in [3.63, 3.8) is 0 Å². The quantitative estimate of drug-likeness (QED) is 0.747. The Morgan fingerprint density at radius 3 is 2.71 bits per heavy atom. The number of nitrogens with two attached hydrogens (primary N) is 1. The van der Waals surface area contributed by atoms with E-state index in [9.17, 15) is 0 Å². The average molecular weight is 218 g/mol. The molecule has 0 aliphatic carbocycles. The summed E-state index contributed by atoms with van der Waals surface area (Å²) in [5, 5.41) is 9.01. The van der Waals surface area contributed by atoms with Gasteiger partial charge in [0.05, 0.1) is 24.4 Å². The van der Waals surface area contributed by atoms with Gasteiger partial charge >= 0.3 is 0 Å². The Balaban J connectivity index is 2.92. The number of aliphatic hydroxyl groups is 1. The number of hydrogen-bond donors (Lipinski definition) is 2. The van der Waals surface area contributed by atoms with Crippen molar-refractivity contribution in [3.8, 4) is 11.5 Å². The minimum Gasteiger partial charge on any atom is -0.495 e. The molecule has 0 amide bonds. The lowest BCUT2D eigenvalue weighted by molar-refractivity contribution is 0.201. The second-order valence-corrected chi connectivity index (χ2v) is 3.00. The van der Waals surface area contributed by atoms with Crippen LogP contribution < -0.4 is 15.2 Å². The van der Waals surface area contributed by atoms with Crippen molar-refractivity contribution in [3.05, 3.63) is 17.2 Å². The second-order valence-electron chi connectivity index (χ2n) is 2.60. The van der Waals surface area contributed by atoms with Crippen LogP contribution in [0.5, 0.6) is 11.5 Å². The normalized spacial score (nSPS) is 9.93. The van der Waals surface area contributed by atoms with E-state index >= 15 is 0 Å². The molecule has 0 fully saturated rings. The summed E-state index contributed by atoms with van der Waals surface area (Å²) in [6.45, 7) is 0.124. The van der Waals surface area contributed by atoms with Crippen LogP contribution in [0.4, 0.5) is 5.69 Å². The van der Waals surface area contributed by atoms with Crippen molar-refractivity contribution in [1.82, 2.24) is 0 Å². The van der Waals surface area contributed by atoms with E-state index in [0.717, 1.165) is 0 Å². The lowest BCUT2D eigenvalue weighted by atomic mass is 10.3. The molecular formula is C9H12ClNO3. The molecule has 0 unspecified atom stereocenters. The highest BCUT2D eigenvalue weighted by atomic mass is 35.5. The van der Waals surface area contributed by atoms with Gasteiger partial charge in [0.1, 0.15) is 18.1 Å². The molecule has 0 aromatic heterocycles. The molecule has 1 rings (SSSR count). The first-order valence-corrected chi connectivity index (χ1v) is 4.43. The lowest BCUT2D eigenvalue weighted by Gasteiger charge is -2.10. The van der Waals surface area contributed by atoms with Crippen molar-refractivity contribution in [2.75, 3.05) is 26.1 Å². The molecule has 1 aromatic rings.